The molecule has 1 atom stereocenters. The number of halogens is 1. The fraction of sp³-hybridized carbons (Fsp3) is 0.467. The lowest BCUT2D eigenvalue weighted by Crippen LogP contribution is -2.36. The molecule has 1 fully saturated rings. The number of hydrogen-bond donors (Lipinski definition) is 0. The van der Waals surface area contributed by atoms with Gasteiger partial charge in [0.25, 0.3) is 0 Å². The lowest BCUT2D eigenvalue weighted by atomic mass is 9.96. The summed E-state index contributed by atoms with van der Waals surface area (Å²) in [4.78, 5) is 14.0. The molecule has 1 unspecified atom stereocenters. The minimum atomic E-state index is -0.383. The lowest BCUT2D eigenvalue weighted by Gasteiger charge is -2.27. The smallest absolute Gasteiger partial charge is 0.224 e. The van der Waals surface area contributed by atoms with Gasteiger partial charge in [0.1, 0.15) is 0 Å². The third kappa shape index (κ3) is 3.71. The van der Waals surface area contributed by atoms with Crippen molar-refractivity contribution in [3.63, 3.8) is 0 Å². The van der Waals surface area contributed by atoms with E-state index >= 15 is 0 Å². The molecule has 2 rings (SSSR count). The summed E-state index contributed by atoms with van der Waals surface area (Å²) in [6.45, 7) is 1.66. The summed E-state index contributed by atoms with van der Waals surface area (Å²) in [5.74, 6) is -0.298. The maximum Gasteiger partial charge on any atom is 0.224 e. The average Bonchev–Trinajstić information content (AvgIpc) is 2.46. The summed E-state index contributed by atoms with van der Waals surface area (Å²) in [5, 5.41) is 9.88. The predicted molar refractivity (Wildman–Crippen MR) is 74.9 cm³/mol. The van der Waals surface area contributed by atoms with E-state index in [2.05, 4.69) is 6.07 Å². The molecule has 3 nitrogen and oxygen atoms in total. The van der Waals surface area contributed by atoms with E-state index in [4.69, 9.17) is 11.6 Å². The molecular formula is C15H17ClN2O. The Bertz CT molecular complexity index is 472. The number of hydrogen-bond acceptors (Lipinski definition) is 2. The molecular weight excluding hydrogens is 260 g/mol. The van der Waals surface area contributed by atoms with Crippen molar-refractivity contribution in [2.24, 2.45) is 0 Å². The van der Waals surface area contributed by atoms with Crippen LogP contribution in [0.15, 0.2) is 24.3 Å². The summed E-state index contributed by atoms with van der Waals surface area (Å²) in [6, 6.07) is 9.37. The number of nitrogens with zero attached hydrogens (tertiary/aromatic N) is 2. The zero-order valence-electron chi connectivity index (χ0n) is 10.8. The average molecular weight is 277 g/mol. The topological polar surface area (TPSA) is 44.1 Å². The summed E-state index contributed by atoms with van der Waals surface area (Å²) in [5.41, 5.74) is 0.859. The van der Waals surface area contributed by atoms with Gasteiger partial charge in [-0.25, -0.2) is 0 Å². The van der Waals surface area contributed by atoms with E-state index in [1.165, 1.54) is 6.42 Å². The Morgan fingerprint density at radius 3 is 2.47 bits per heavy atom. The molecule has 1 saturated heterocycles. The van der Waals surface area contributed by atoms with E-state index in [1.807, 2.05) is 17.0 Å². The Balaban J connectivity index is 2.00. The summed E-state index contributed by atoms with van der Waals surface area (Å²) in [7, 11) is 0. The first-order chi connectivity index (χ1) is 9.20. The van der Waals surface area contributed by atoms with Crippen LogP contribution in [0, 0.1) is 11.3 Å². The van der Waals surface area contributed by atoms with Gasteiger partial charge in [-0.15, -0.1) is 0 Å². The monoisotopic (exact) mass is 276 g/mol. The Hall–Kier alpha value is -1.53. The minimum absolute atomic E-state index is 0.0844. The number of carbonyl (C=O) groups is 1. The van der Waals surface area contributed by atoms with Crippen molar-refractivity contribution in [3.8, 4) is 6.07 Å². The molecule has 0 aliphatic carbocycles. The van der Waals surface area contributed by atoms with E-state index in [-0.39, 0.29) is 18.2 Å². The fourth-order valence-electron chi connectivity index (χ4n) is 2.38. The van der Waals surface area contributed by atoms with Crippen LogP contribution in [0.3, 0.4) is 0 Å². The van der Waals surface area contributed by atoms with E-state index < -0.39 is 0 Å². The molecule has 0 saturated carbocycles. The highest BCUT2D eigenvalue weighted by Crippen LogP contribution is 2.22. The van der Waals surface area contributed by atoms with Crippen LogP contribution in [0.5, 0.6) is 0 Å². The number of carbonyl (C=O) groups excluding carboxylic acids is 1. The van der Waals surface area contributed by atoms with Crippen LogP contribution >= 0.6 is 11.6 Å². The molecule has 0 radical (unpaired) electrons. The van der Waals surface area contributed by atoms with Gasteiger partial charge >= 0.3 is 0 Å². The van der Waals surface area contributed by atoms with Gasteiger partial charge in [0.2, 0.25) is 5.91 Å². The van der Waals surface area contributed by atoms with Crippen molar-refractivity contribution < 1.29 is 4.79 Å². The second-order valence-corrected chi connectivity index (χ2v) is 5.32. The number of nitriles is 1. The molecule has 19 heavy (non-hydrogen) atoms. The van der Waals surface area contributed by atoms with E-state index in [0.717, 1.165) is 31.5 Å². The van der Waals surface area contributed by atoms with Gasteiger partial charge < -0.3 is 4.90 Å². The summed E-state index contributed by atoms with van der Waals surface area (Å²) < 4.78 is 0. The minimum Gasteiger partial charge on any atom is -0.343 e. The van der Waals surface area contributed by atoms with Gasteiger partial charge in [0, 0.05) is 24.5 Å². The molecule has 1 aromatic carbocycles. The van der Waals surface area contributed by atoms with Crippen molar-refractivity contribution in [3.05, 3.63) is 34.9 Å². The van der Waals surface area contributed by atoms with Crippen LogP contribution in [0.2, 0.25) is 5.02 Å². The number of piperidine rings is 1. The third-order valence-electron chi connectivity index (χ3n) is 3.52. The second-order valence-electron chi connectivity index (χ2n) is 4.88. The summed E-state index contributed by atoms with van der Waals surface area (Å²) in [6.07, 6.45) is 3.61. The number of rotatable bonds is 3. The van der Waals surface area contributed by atoms with E-state index in [1.54, 1.807) is 12.1 Å². The standard InChI is InChI=1S/C15H17ClN2O/c16-14-6-4-12(5-7-14)13(11-17)10-15(19)18-8-2-1-3-9-18/h4-7,13H,1-3,8-10H2. The van der Waals surface area contributed by atoms with Crippen LogP contribution in [-0.2, 0) is 4.79 Å². The molecule has 4 heteroatoms. The van der Waals surface area contributed by atoms with E-state index in [0.29, 0.717) is 5.02 Å². The zero-order chi connectivity index (χ0) is 13.7. The Morgan fingerprint density at radius 2 is 1.89 bits per heavy atom. The highest BCUT2D eigenvalue weighted by Gasteiger charge is 2.21. The molecule has 1 amide bonds. The largest absolute Gasteiger partial charge is 0.343 e. The molecule has 0 N–H and O–H groups in total. The van der Waals surface area contributed by atoms with Crippen LogP contribution in [0.1, 0.15) is 37.2 Å². The Labute approximate surface area is 118 Å². The van der Waals surface area contributed by atoms with Crippen molar-refractivity contribution in [2.75, 3.05) is 13.1 Å². The van der Waals surface area contributed by atoms with Crippen molar-refractivity contribution in [1.82, 2.24) is 4.90 Å². The number of likely N-dealkylation sites (tertiary alicyclic amines) is 1. The van der Waals surface area contributed by atoms with Gasteiger partial charge in [-0.05, 0) is 37.0 Å². The fourth-order valence-corrected chi connectivity index (χ4v) is 2.51. The molecule has 100 valence electrons. The molecule has 0 bridgehead atoms. The van der Waals surface area contributed by atoms with Crippen LogP contribution in [0.4, 0.5) is 0 Å². The first kappa shape index (κ1) is 13.9. The SMILES string of the molecule is N#CC(CC(=O)N1CCCCC1)c1ccc(Cl)cc1. The van der Waals surface area contributed by atoms with Crippen LogP contribution in [0.25, 0.3) is 0 Å². The highest BCUT2D eigenvalue weighted by atomic mass is 35.5. The van der Waals surface area contributed by atoms with Gasteiger partial charge in [-0.2, -0.15) is 5.26 Å². The molecule has 1 aliphatic rings. The number of benzene rings is 1. The van der Waals surface area contributed by atoms with E-state index in [9.17, 15) is 10.1 Å². The summed E-state index contributed by atoms with van der Waals surface area (Å²) >= 11 is 5.83. The first-order valence-corrected chi connectivity index (χ1v) is 7.01. The maximum atomic E-state index is 12.2. The van der Waals surface area contributed by atoms with Crippen molar-refractivity contribution in [1.29, 1.82) is 5.26 Å². The molecule has 1 heterocycles. The first-order valence-electron chi connectivity index (χ1n) is 6.63. The number of amides is 1. The van der Waals surface area contributed by atoms with Crippen LogP contribution < -0.4 is 0 Å². The van der Waals surface area contributed by atoms with Gasteiger partial charge in [0.15, 0.2) is 0 Å². The Morgan fingerprint density at radius 1 is 1.26 bits per heavy atom. The predicted octanol–water partition coefficient (Wildman–Crippen LogP) is 3.35. The lowest BCUT2D eigenvalue weighted by molar-refractivity contribution is -0.132. The van der Waals surface area contributed by atoms with Crippen molar-refractivity contribution in [2.45, 2.75) is 31.6 Å². The zero-order valence-corrected chi connectivity index (χ0v) is 11.6. The normalized spacial score (nSPS) is 16.7. The highest BCUT2D eigenvalue weighted by molar-refractivity contribution is 6.30. The third-order valence-corrected chi connectivity index (χ3v) is 3.77. The van der Waals surface area contributed by atoms with Crippen LogP contribution in [-0.4, -0.2) is 23.9 Å². The molecule has 1 aliphatic heterocycles. The van der Waals surface area contributed by atoms with Gasteiger partial charge in [0.05, 0.1) is 12.0 Å². The van der Waals surface area contributed by atoms with Gasteiger partial charge in [-0.1, -0.05) is 23.7 Å². The second kappa shape index (κ2) is 6.58. The Kier molecular flexibility index (Phi) is 4.81. The quantitative estimate of drug-likeness (QED) is 0.850. The molecule has 1 aromatic rings. The molecule has 0 spiro atoms. The van der Waals surface area contributed by atoms with Gasteiger partial charge in [-0.3, -0.25) is 4.79 Å². The maximum absolute atomic E-state index is 12.2. The molecule has 0 aromatic heterocycles. The van der Waals surface area contributed by atoms with Crippen molar-refractivity contribution >= 4 is 17.5 Å².